The minimum atomic E-state index is -0.486. The molecule has 0 amide bonds. The Labute approximate surface area is 142 Å². The smallest absolute Gasteiger partial charge is 0.400 e. The number of hydrogen-bond donors (Lipinski definition) is 0. The highest BCUT2D eigenvalue weighted by atomic mass is 32.2. The van der Waals surface area contributed by atoms with E-state index in [1.54, 1.807) is 6.92 Å². The maximum absolute atomic E-state index is 11.4. The van der Waals surface area contributed by atoms with E-state index in [1.807, 2.05) is 47.6 Å². The van der Waals surface area contributed by atoms with E-state index < -0.39 is 18.3 Å². The Bertz CT molecular complexity index is 601. The molecule has 0 bridgehead atoms. The largest absolute Gasteiger partial charge is 0.491 e. The lowest BCUT2D eigenvalue weighted by Crippen LogP contribution is -2.41. The van der Waals surface area contributed by atoms with Crippen molar-refractivity contribution in [2.45, 2.75) is 59.7 Å². The van der Waals surface area contributed by atoms with Gasteiger partial charge in [0.25, 0.3) is 0 Å². The number of rotatable bonds is 4. The molecular weight excluding hydrogens is 313 g/mol. The van der Waals surface area contributed by atoms with Gasteiger partial charge in [-0.3, -0.25) is 4.79 Å². The van der Waals surface area contributed by atoms with Gasteiger partial charge in [-0.25, -0.2) is 0 Å². The summed E-state index contributed by atoms with van der Waals surface area (Å²) >= 11 is 1.24. The quantitative estimate of drug-likeness (QED) is 0.783. The molecule has 0 unspecified atom stereocenters. The van der Waals surface area contributed by atoms with E-state index in [2.05, 4.69) is 5.16 Å². The number of nitrogens with zero attached hydrogens (tertiary/aromatic N) is 1. The van der Waals surface area contributed by atoms with Crippen LogP contribution in [0.4, 0.5) is 0 Å². The number of thioether (sulfide) groups is 1. The van der Waals surface area contributed by atoms with E-state index in [1.165, 1.54) is 11.8 Å². The van der Waals surface area contributed by atoms with Gasteiger partial charge < -0.3 is 13.8 Å². The average Bonchev–Trinajstić information content (AvgIpc) is 2.83. The monoisotopic (exact) mass is 337 g/mol. The summed E-state index contributed by atoms with van der Waals surface area (Å²) in [4.78, 5) is 11.4. The van der Waals surface area contributed by atoms with Gasteiger partial charge in [0.05, 0.1) is 16.9 Å². The van der Waals surface area contributed by atoms with Crippen molar-refractivity contribution in [3.8, 4) is 0 Å². The topological polar surface area (TPSA) is 61.6 Å². The molecule has 0 aliphatic carbocycles. The summed E-state index contributed by atoms with van der Waals surface area (Å²) in [6.07, 6.45) is 1.97. The van der Waals surface area contributed by atoms with Crippen LogP contribution in [-0.2, 0) is 14.1 Å². The predicted octanol–water partition coefficient (Wildman–Crippen LogP) is 3.59. The van der Waals surface area contributed by atoms with Crippen molar-refractivity contribution in [3.05, 3.63) is 22.5 Å². The second-order valence-corrected chi connectivity index (χ2v) is 7.98. The van der Waals surface area contributed by atoms with E-state index in [9.17, 15) is 4.79 Å². The molecule has 1 aliphatic heterocycles. The van der Waals surface area contributed by atoms with Crippen LogP contribution in [0.15, 0.2) is 10.00 Å². The van der Waals surface area contributed by atoms with E-state index in [-0.39, 0.29) is 5.12 Å². The first kappa shape index (κ1) is 18.3. The SMILES string of the molecule is CC(=O)SCC(=Cc1c(C)noc1C)B1OC(C)(C)C(C)(C)O1. The minimum absolute atomic E-state index is 0.0613. The molecule has 0 saturated carbocycles. The zero-order valence-electron chi connectivity index (χ0n) is 14.9. The molecule has 0 aromatic carbocycles. The maximum Gasteiger partial charge on any atom is 0.491 e. The Morgan fingerprint density at radius 1 is 1.22 bits per heavy atom. The van der Waals surface area contributed by atoms with Crippen LogP contribution < -0.4 is 0 Å². The second kappa shape index (κ2) is 6.45. The van der Waals surface area contributed by atoms with E-state index >= 15 is 0 Å². The molecule has 1 aromatic heterocycles. The zero-order chi connectivity index (χ0) is 17.4. The van der Waals surface area contributed by atoms with Crippen LogP contribution in [0.1, 0.15) is 51.6 Å². The highest BCUT2D eigenvalue weighted by Crippen LogP contribution is 2.39. The number of aryl methyl sites for hydroxylation is 2. The fourth-order valence-corrected chi connectivity index (χ4v) is 2.83. The number of carbonyl (C=O) groups excluding carboxylic acids is 1. The average molecular weight is 337 g/mol. The first-order valence-electron chi connectivity index (χ1n) is 7.66. The standard InChI is InChI=1S/C16H24BNO4S/c1-10-14(11(2)20-18-10)8-13(9-23-12(3)19)17-21-15(4,5)16(6,7)22-17/h8H,9H2,1-7H3. The lowest BCUT2D eigenvalue weighted by atomic mass is 9.78. The van der Waals surface area contributed by atoms with Crippen molar-refractivity contribution in [1.29, 1.82) is 0 Å². The van der Waals surface area contributed by atoms with Crippen molar-refractivity contribution in [2.24, 2.45) is 0 Å². The van der Waals surface area contributed by atoms with E-state index in [0.29, 0.717) is 5.75 Å². The first-order valence-corrected chi connectivity index (χ1v) is 8.64. The molecule has 2 rings (SSSR count). The van der Waals surface area contributed by atoms with Gasteiger partial charge in [0.15, 0.2) is 5.12 Å². The number of aromatic nitrogens is 1. The molecule has 1 aliphatic rings. The van der Waals surface area contributed by atoms with Crippen LogP contribution in [-0.4, -0.2) is 34.3 Å². The second-order valence-electron chi connectivity index (χ2n) is 6.83. The molecule has 2 heterocycles. The normalized spacial score (nSPS) is 20.1. The Balaban J connectivity index is 2.34. The molecule has 0 N–H and O–H groups in total. The summed E-state index contributed by atoms with van der Waals surface area (Å²) < 4.78 is 17.5. The van der Waals surface area contributed by atoms with Gasteiger partial charge in [0, 0.05) is 18.2 Å². The zero-order valence-corrected chi connectivity index (χ0v) is 15.7. The minimum Gasteiger partial charge on any atom is -0.400 e. The van der Waals surface area contributed by atoms with Crippen LogP contribution in [0.3, 0.4) is 0 Å². The lowest BCUT2D eigenvalue weighted by Gasteiger charge is -2.32. The molecule has 0 atom stereocenters. The highest BCUT2D eigenvalue weighted by molar-refractivity contribution is 8.13. The molecule has 0 radical (unpaired) electrons. The fraction of sp³-hybridized carbons (Fsp3) is 0.625. The summed E-state index contributed by atoms with van der Waals surface area (Å²) in [5, 5.41) is 4.03. The van der Waals surface area contributed by atoms with Gasteiger partial charge in [-0.1, -0.05) is 23.0 Å². The number of carbonyl (C=O) groups is 1. The van der Waals surface area contributed by atoms with Gasteiger partial charge >= 0.3 is 7.12 Å². The summed E-state index contributed by atoms with van der Waals surface area (Å²) in [6, 6.07) is 0. The summed E-state index contributed by atoms with van der Waals surface area (Å²) in [6.45, 7) is 13.4. The third-order valence-electron chi connectivity index (χ3n) is 4.42. The van der Waals surface area contributed by atoms with Crippen LogP contribution >= 0.6 is 11.8 Å². The molecule has 1 fully saturated rings. The summed E-state index contributed by atoms with van der Waals surface area (Å²) in [5.41, 5.74) is 1.79. The van der Waals surface area contributed by atoms with Crippen LogP contribution in [0.5, 0.6) is 0 Å². The lowest BCUT2D eigenvalue weighted by molar-refractivity contribution is -0.109. The van der Waals surface area contributed by atoms with Gasteiger partial charge in [-0.15, -0.1) is 0 Å². The Morgan fingerprint density at radius 3 is 2.22 bits per heavy atom. The summed E-state index contributed by atoms with van der Waals surface area (Å²) in [5.74, 6) is 1.25. The van der Waals surface area contributed by atoms with Gasteiger partial charge in [0.2, 0.25) is 0 Å². The summed E-state index contributed by atoms with van der Waals surface area (Å²) in [7, 11) is -0.486. The van der Waals surface area contributed by atoms with Gasteiger partial charge in [0.1, 0.15) is 5.76 Å². The molecule has 5 nitrogen and oxygen atoms in total. The molecular formula is C16H24BNO4S. The molecule has 126 valence electrons. The third kappa shape index (κ3) is 3.90. The molecule has 1 aromatic rings. The molecule has 0 spiro atoms. The van der Waals surface area contributed by atoms with Crippen LogP contribution in [0.25, 0.3) is 6.08 Å². The van der Waals surface area contributed by atoms with Gasteiger partial charge in [-0.2, -0.15) is 0 Å². The van der Waals surface area contributed by atoms with Crippen molar-refractivity contribution >= 4 is 30.1 Å². The van der Waals surface area contributed by atoms with Crippen molar-refractivity contribution < 1.29 is 18.6 Å². The first-order chi connectivity index (χ1) is 10.5. The molecule has 1 saturated heterocycles. The number of hydrogen-bond acceptors (Lipinski definition) is 6. The molecule has 23 heavy (non-hydrogen) atoms. The Kier molecular flexibility index (Phi) is 5.13. The van der Waals surface area contributed by atoms with E-state index in [4.69, 9.17) is 13.8 Å². The Hall–Kier alpha value is -1.05. The fourth-order valence-electron chi connectivity index (χ4n) is 2.24. The van der Waals surface area contributed by atoms with Crippen molar-refractivity contribution in [3.63, 3.8) is 0 Å². The van der Waals surface area contributed by atoms with Crippen molar-refractivity contribution in [1.82, 2.24) is 5.16 Å². The van der Waals surface area contributed by atoms with Crippen LogP contribution in [0.2, 0.25) is 0 Å². The Morgan fingerprint density at radius 2 is 1.78 bits per heavy atom. The maximum atomic E-state index is 11.4. The van der Waals surface area contributed by atoms with Gasteiger partial charge in [-0.05, 0) is 47.0 Å². The highest BCUT2D eigenvalue weighted by Gasteiger charge is 2.52. The van der Waals surface area contributed by atoms with Crippen LogP contribution in [0, 0.1) is 13.8 Å². The van der Waals surface area contributed by atoms with Crippen molar-refractivity contribution in [2.75, 3.05) is 5.75 Å². The third-order valence-corrected chi connectivity index (χ3v) is 5.30. The van der Waals surface area contributed by atoms with E-state index in [0.717, 1.165) is 22.5 Å². The predicted molar refractivity (Wildman–Crippen MR) is 93.2 cm³/mol. The molecule has 7 heteroatoms.